The summed E-state index contributed by atoms with van der Waals surface area (Å²) in [5, 5.41) is 14.7. The molecule has 32 heavy (non-hydrogen) atoms. The van der Waals surface area contributed by atoms with Crippen LogP contribution in [-0.2, 0) is 28.9 Å². The molecule has 11 heteroatoms. The standard InChI is InChI=1S/C21H22N4O5S2/c1-30-10-9-24-20(27)18-15-7-2-3-8-16(15)32-19(18)23-21(24)31-12-17(26)22-13-5-4-6-14(11-13)25(28)29/h4-6,11H,2-3,7-10,12H2,1H3,(H,22,26). The number of fused-ring (bicyclic) bond motifs is 3. The van der Waals surface area contributed by atoms with E-state index in [9.17, 15) is 19.7 Å². The molecule has 4 rings (SSSR count). The van der Waals surface area contributed by atoms with Crippen LogP contribution in [0.15, 0.2) is 34.2 Å². The molecule has 1 aromatic carbocycles. The van der Waals surface area contributed by atoms with Crippen LogP contribution in [0, 0.1) is 10.1 Å². The number of amides is 1. The van der Waals surface area contributed by atoms with Crippen LogP contribution in [0.3, 0.4) is 0 Å². The second kappa shape index (κ2) is 9.80. The Bertz CT molecular complexity index is 1240. The van der Waals surface area contributed by atoms with Crippen LogP contribution in [0.4, 0.5) is 11.4 Å². The summed E-state index contributed by atoms with van der Waals surface area (Å²) >= 11 is 2.74. The highest BCUT2D eigenvalue weighted by Crippen LogP contribution is 2.34. The highest BCUT2D eigenvalue weighted by molar-refractivity contribution is 7.99. The summed E-state index contributed by atoms with van der Waals surface area (Å²) in [7, 11) is 1.57. The second-order valence-corrected chi connectivity index (χ2v) is 9.41. The van der Waals surface area contributed by atoms with Crippen molar-refractivity contribution in [1.82, 2.24) is 9.55 Å². The Balaban J connectivity index is 1.57. The van der Waals surface area contributed by atoms with Crippen molar-refractivity contribution in [2.75, 3.05) is 24.8 Å². The molecule has 0 saturated heterocycles. The maximum Gasteiger partial charge on any atom is 0.271 e. The largest absolute Gasteiger partial charge is 0.383 e. The smallest absolute Gasteiger partial charge is 0.271 e. The summed E-state index contributed by atoms with van der Waals surface area (Å²) in [6.45, 7) is 0.699. The molecule has 0 bridgehead atoms. The average molecular weight is 475 g/mol. The lowest BCUT2D eigenvalue weighted by molar-refractivity contribution is -0.384. The van der Waals surface area contributed by atoms with Crippen molar-refractivity contribution in [3.63, 3.8) is 0 Å². The first-order valence-electron chi connectivity index (χ1n) is 10.2. The molecular formula is C21H22N4O5S2. The van der Waals surface area contributed by atoms with Gasteiger partial charge in [0.15, 0.2) is 5.16 Å². The van der Waals surface area contributed by atoms with E-state index >= 15 is 0 Å². The number of hydrogen-bond donors (Lipinski definition) is 1. The zero-order valence-electron chi connectivity index (χ0n) is 17.5. The molecule has 0 fully saturated rings. The van der Waals surface area contributed by atoms with E-state index < -0.39 is 4.92 Å². The van der Waals surface area contributed by atoms with Gasteiger partial charge in [0.25, 0.3) is 11.2 Å². The minimum absolute atomic E-state index is 0.0126. The fourth-order valence-corrected chi connectivity index (χ4v) is 5.86. The SMILES string of the molecule is COCCn1c(SCC(=O)Nc2cccc([N+](=O)[O-])c2)nc2sc3c(c2c1=O)CCCC3. The molecule has 2 aromatic heterocycles. The third kappa shape index (κ3) is 4.69. The molecule has 1 aliphatic carbocycles. The lowest BCUT2D eigenvalue weighted by atomic mass is 9.97. The van der Waals surface area contributed by atoms with E-state index in [2.05, 4.69) is 5.32 Å². The number of aromatic nitrogens is 2. The number of nitro groups is 1. The van der Waals surface area contributed by atoms with Gasteiger partial charge in [-0.05, 0) is 37.3 Å². The van der Waals surface area contributed by atoms with Crippen LogP contribution in [-0.4, -0.2) is 39.9 Å². The third-order valence-electron chi connectivity index (χ3n) is 5.23. The number of carbonyl (C=O) groups is 1. The number of benzene rings is 1. The highest BCUT2D eigenvalue weighted by atomic mass is 32.2. The van der Waals surface area contributed by atoms with E-state index in [1.54, 1.807) is 29.1 Å². The molecule has 0 atom stereocenters. The van der Waals surface area contributed by atoms with Gasteiger partial charge in [-0.2, -0.15) is 0 Å². The molecular weight excluding hydrogens is 452 g/mol. The number of nitrogens with one attached hydrogen (secondary N) is 1. The fraction of sp³-hybridized carbons (Fsp3) is 0.381. The number of carbonyl (C=O) groups excluding carboxylic acids is 1. The zero-order valence-corrected chi connectivity index (χ0v) is 19.1. The van der Waals surface area contributed by atoms with Gasteiger partial charge < -0.3 is 10.1 Å². The maximum atomic E-state index is 13.3. The van der Waals surface area contributed by atoms with E-state index in [1.165, 1.54) is 34.8 Å². The van der Waals surface area contributed by atoms with E-state index in [0.29, 0.717) is 29.4 Å². The van der Waals surface area contributed by atoms with Crippen LogP contribution in [0.5, 0.6) is 0 Å². The van der Waals surface area contributed by atoms with Crippen LogP contribution in [0.2, 0.25) is 0 Å². The Morgan fingerprint density at radius 2 is 2.19 bits per heavy atom. The Morgan fingerprint density at radius 1 is 1.38 bits per heavy atom. The monoisotopic (exact) mass is 474 g/mol. The summed E-state index contributed by atoms with van der Waals surface area (Å²) in [6.07, 6.45) is 4.07. The van der Waals surface area contributed by atoms with Crippen molar-refractivity contribution in [2.24, 2.45) is 0 Å². The van der Waals surface area contributed by atoms with E-state index in [0.717, 1.165) is 36.1 Å². The Hall–Kier alpha value is -2.76. The molecule has 9 nitrogen and oxygen atoms in total. The van der Waals surface area contributed by atoms with Gasteiger partial charge in [-0.25, -0.2) is 4.98 Å². The molecule has 0 unspecified atom stereocenters. The topological polar surface area (TPSA) is 116 Å². The van der Waals surface area contributed by atoms with Gasteiger partial charge in [0.2, 0.25) is 5.91 Å². The zero-order chi connectivity index (χ0) is 22.7. The number of methoxy groups -OCH3 is 1. The molecule has 168 valence electrons. The predicted molar refractivity (Wildman–Crippen MR) is 125 cm³/mol. The van der Waals surface area contributed by atoms with Crippen molar-refractivity contribution in [1.29, 1.82) is 0 Å². The van der Waals surface area contributed by atoms with Gasteiger partial charge in [-0.15, -0.1) is 11.3 Å². The lowest BCUT2D eigenvalue weighted by Crippen LogP contribution is -2.26. The first-order chi connectivity index (χ1) is 15.5. The molecule has 2 heterocycles. The normalized spacial score (nSPS) is 13.2. The van der Waals surface area contributed by atoms with Crippen molar-refractivity contribution in [3.8, 4) is 0 Å². The molecule has 0 aliphatic heterocycles. The van der Waals surface area contributed by atoms with Crippen molar-refractivity contribution >= 4 is 50.6 Å². The summed E-state index contributed by atoms with van der Waals surface area (Å²) in [5.74, 6) is -0.327. The van der Waals surface area contributed by atoms with Gasteiger partial charge >= 0.3 is 0 Å². The van der Waals surface area contributed by atoms with Crippen LogP contribution in [0.1, 0.15) is 23.3 Å². The Labute approximate surface area is 192 Å². The molecule has 3 aromatic rings. The number of ether oxygens (including phenoxy) is 1. The molecule has 1 amide bonds. The fourth-order valence-electron chi connectivity index (χ4n) is 3.73. The predicted octanol–water partition coefficient (Wildman–Crippen LogP) is 3.62. The van der Waals surface area contributed by atoms with Crippen molar-refractivity contribution < 1.29 is 14.5 Å². The first-order valence-corrected chi connectivity index (χ1v) is 12.0. The number of non-ortho nitro benzene ring substituents is 1. The number of nitrogens with zero attached hydrogens (tertiary/aromatic N) is 3. The second-order valence-electron chi connectivity index (χ2n) is 7.38. The van der Waals surface area contributed by atoms with E-state index in [1.807, 2.05) is 0 Å². The lowest BCUT2D eigenvalue weighted by Gasteiger charge is -2.13. The number of thioether (sulfide) groups is 1. The maximum absolute atomic E-state index is 13.3. The number of anilines is 1. The number of nitro benzene ring substituents is 1. The molecule has 1 N–H and O–H groups in total. The quantitative estimate of drug-likeness (QED) is 0.229. The van der Waals surface area contributed by atoms with Crippen molar-refractivity contribution in [3.05, 3.63) is 55.2 Å². The van der Waals surface area contributed by atoms with Crippen molar-refractivity contribution in [2.45, 2.75) is 37.4 Å². The number of hydrogen-bond acceptors (Lipinski definition) is 8. The molecule has 0 radical (unpaired) electrons. The average Bonchev–Trinajstić information content (AvgIpc) is 3.16. The highest BCUT2D eigenvalue weighted by Gasteiger charge is 2.22. The minimum Gasteiger partial charge on any atom is -0.383 e. The minimum atomic E-state index is -0.515. The first kappa shape index (κ1) is 22.4. The van der Waals surface area contributed by atoms with Gasteiger partial charge in [-0.1, -0.05) is 17.8 Å². The van der Waals surface area contributed by atoms with Gasteiger partial charge in [0.1, 0.15) is 4.83 Å². The van der Waals surface area contributed by atoms with Gasteiger partial charge in [-0.3, -0.25) is 24.3 Å². The molecule has 0 spiro atoms. The van der Waals surface area contributed by atoms with Crippen LogP contribution in [0.25, 0.3) is 10.2 Å². The Morgan fingerprint density at radius 3 is 2.97 bits per heavy atom. The molecule has 0 saturated carbocycles. The van der Waals surface area contributed by atoms with Crippen LogP contribution >= 0.6 is 23.1 Å². The summed E-state index contributed by atoms with van der Waals surface area (Å²) in [5.41, 5.74) is 1.28. The molecule has 1 aliphatic rings. The summed E-state index contributed by atoms with van der Waals surface area (Å²) < 4.78 is 6.75. The summed E-state index contributed by atoms with van der Waals surface area (Å²) in [6, 6.07) is 5.76. The Kier molecular flexibility index (Phi) is 6.87. The number of aryl methyl sites for hydroxylation is 2. The number of rotatable bonds is 8. The van der Waals surface area contributed by atoms with Crippen LogP contribution < -0.4 is 10.9 Å². The van der Waals surface area contributed by atoms with Gasteiger partial charge in [0, 0.05) is 29.8 Å². The van der Waals surface area contributed by atoms with E-state index in [-0.39, 0.29) is 22.9 Å². The summed E-state index contributed by atoms with van der Waals surface area (Å²) in [4.78, 5) is 42.9. The third-order valence-corrected chi connectivity index (χ3v) is 7.39. The van der Waals surface area contributed by atoms with Gasteiger partial charge in [0.05, 0.1) is 29.2 Å². The van der Waals surface area contributed by atoms with E-state index in [4.69, 9.17) is 9.72 Å². The number of thiophene rings is 1.